The summed E-state index contributed by atoms with van der Waals surface area (Å²) in [5.41, 5.74) is 1.28. The molecule has 1 aliphatic heterocycles. The summed E-state index contributed by atoms with van der Waals surface area (Å²) >= 11 is 0. The standard InChI is InChI=1S/C20H27N5O2/c1-20(2,3)24-19(27)25-10-14-13(15(14)11-25)4-7-22-18(26)17-8-12-9-21-6-5-16(12)23-17/h5-6,8-9,13-15,23H,4,7,10-11H2,1-3H3,(H,22,26)(H,24,27)/t13-,14-,15+. The average molecular weight is 369 g/mol. The molecular weight excluding hydrogens is 342 g/mol. The van der Waals surface area contributed by atoms with E-state index in [1.165, 1.54) is 0 Å². The van der Waals surface area contributed by atoms with Crippen molar-refractivity contribution in [1.82, 2.24) is 25.5 Å². The lowest BCUT2D eigenvalue weighted by Crippen LogP contribution is -2.48. The van der Waals surface area contributed by atoms with Crippen LogP contribution in [-0.4, -0.2) is 52.0 Å². The molecule has 3 atom stereocenters. The maximum Gasteiger partial charge on any atom is 0.317 e. The Hall–Kier alpha value is -2.57. The fraction of sp³-hybridized carbons (Fsp3) is 0.550. The van der Waals surface area contributed by atoms with Crippen molar-refractivity contribution in [3.05, 3.63) is 30.2 Å². The molecular formula is C20H27N5O2. The third-order valence-corrected chi connectivity index (χ3v) is 5.57. The van der Waals surface area contributed by atoms with Crippen molar-refractivity contribution in [2.75, 3.05) is 19.6 Å². The zero-order valence-electron chi connectivity index (χ0n) is 16.1. The van der Waals surface area contributed by atoms with E-state index in [-0.39, 0.29) is 17.5 Å². The van der Waals surface area contributed by atoms with E-state index in [4.69, 9.17) is 0 Å². The van der Waals surface area contributed by atoms with Crippen LogP contribution in [0.2, 0.25) is 0 Å². The molecule has 3 heterocycles. The Kier molecular flexibility index (Phi) is 4.32. The van der Waals surface area contributed by atoms with Crippen LogP contribution >= 0.6 is 0 Å². The van der Waals surface area contributed by atoms with Gasteiger partial charge in [0.25, 0.3) is 5.91 Å². The fourth-order valence-electron chi connectivity index (χ4n) is 4.19. The Morgan fingerprint density at radius 3 is 2.70 bits per heavy atom. The zero-order chi connectivity index (χ0) is 19.2. The van der Waals surface area contributed by atoms with Crippen LogP contribution in [0.25, 0.3) is 10.9 Å². The molecule has 0 spiro atoms. The second-order valence-electron chi connectivity index (χ2n) is 8.77. The van der Waals surface area contributed by atoms with Crippen molar-refractivity contribution in [3.8, 4) is 0 Å². The van der Waals surface area contributed by atoms with Crippen LogP contribution in [0.3, 0.4) is 0 Å². The van der Waals surface area contributed by atoms with Crippen molar-refractivity contribution in [3.63, 3.8) is 0 Å². The fourth-order valence-corrected chi connectivity index (χ4v) is 4.19. The highest BCUT2D eigenvalue weighted by Crippen LogP contribution is 2.53. The third-order valence-electron chi connectivity index (χ3n) is 5.57. The number of rotatable bonds is 4. The summed E-state index contributed by atoms with van der Waals surface area (Å²) in [4.78, 5) is 33.6. The van der Waals surface area contributed by atoms with Crippen LogP contribution in [-0.2, 0) is 0 Å². The average Bonchev–Trinajstić information content (AvgIpc) is 3.00. The van der Waals surface area contributed by atoms with Gasteiger partial charge in [0.2, 0.25) is 0 Å². The van der Waals surface area contributed by atoms with E-state index in [2.05, 4.69) is 20.6 Å². The minimum absolute atomic E-state index is 0.0371. The first-order chi connectivity index (χ1) is 12.8. The number of likely N-dealkylation sites (tertiary alicyclic amines) is 1. The molecule has 0 unspecified atom stereocenters. The molecule has 2 aliphatic rings. The number of carbonyl (C=O) groups is 2. The maximum absolute atomic E-state index is 12.3. The predicted octanol–water partition coefficient (Wildman–Crippen LogP) is 2.37. The second-order valence-corrected chi connectivity index (χ2v) is 8.77. The van der Waals surface area contributed by atoms with Crippen LogP contribution < -0.4 is 10.6 Å². The second kappa shape index (κ2) is 6.55. The first-order valence-corrected chi connectivity index (χ1v) is 9.60. The summed E-state index contributed by atoms with van der Waals surface area (Å²) < 4.78 is 0. The summed E-state index contributed by atoms with van der Waals surface area (Å²) in [6, 6.07) is 3.73. The van der Waals surface area contributed by atoms with Crippen LogP contribution in [0.1, 0.15) is 37.7 Å². The van der Waals surface area contributed by atoms with Gasteiger partial charge >= 0.3 is 6.03 Å². The molecule has 2 aromatic heterocycles. The SMILES string of the molecule is CC(C)(C)NC(=O)N1C[C@@H]2[C@@H](CCNC(=O)c3cc4cnccc4[nH]3)[C@@H]2C1. The summed E-state index contributed by atoms with van der Waals surface area (Å²) in [5, 5.41) is 6.97. The number of pyridine rings is 1. The first-order valence-electron chi connectivity index (χ1n) is 9.60. The number of nitrogens with one attached hydrogen (secondary N) is 3. The van der Waals surface area contributed by atoms with E-state index >= 15 is 0 Å². The van der Waals surface area contributed by atoms with Crippen LogP contribution in [0.4, 0.5) is 4.79 Å². The van der Waals surface area contributed by atoms with Crippen LogP contribution in [0.5, 0.6) is 0 Å². The highest BCUT2D eigenvalue weighted by Gasteiger charge is 2.55. The summed E-state index contributed by atoms with van der Waals surface area (Å²) in [6.45, 7) is 8.32. The lowest BCUT2D eigenvalue weighted by Gasteiger charge is -2.27. The molecule has 1 aliphatic carbocycles. The number of H-pyrrole nitrogens is 1. The molecule has 7 nitrogen and oxygen atoms in total. The summed E-state index contributed by atoms with van der Waals surface area (Å²) in [7, 11) is 0. The number of fused-ring (bicyclic) bond motifs is 2. The quantitative estimate of drug-likeness (QED) is 0.773. The van der Waals surface area contributed by atoms with Gasteiger partial charge in [-0.3, -0.25) is 9.78 Å². The van der Waals surface area contributed by atoms with E-state index < -0.39 is 0 Å². The number of carbonyl (C=O) groups excluding carboxylic acids is 2. The Bertz CT molecular complexity index is 824. The van der Waals surface area contributed by atoms with Crippen molar-refractivity contribution < 1.29 is 9.59 Å². The Balaban J connectivity index is 1.21. The normalized spacial score (nSPS) is 24.0. The molecule has 4 rings (SSSR count). The van der Waals surface area contributed by atoms with E-state index in [1.807, 2.05) is 37.8 Å². The molecule has 27 heavy (non-hydrogen) atoms. The number of nitrogens with zero attached hydrogens (tertiary/aromatic N) is 2. The Labute approximate surface area is 158 Å². The van der Waals surface area contributed by atoms with Crippen molar-refractivity contribution in [1.29, 1.82) is 0 Å². The third kappa shape index (κ3) is 3.77. The monoisotopic (exact) mass is 369 g/mol. The number of aromatic nitrogens is 2. The molecule has 0 bridgehead atoms. The van der Waals surface area contributed by atoms with Gasteiger partial charge < -0.3 is 20.5 Å². The van der Waals surface area contributed by atoms with Gasteiger partial charge in [-0.25, -0.2) is 4.79 Å². The minimum Gasteiger partial charge on any atom is -0.351 e. The molecule has 7 heteroatoms. The number of aromatic amines is 1. The zero-order valence-corrected chi connectivity index (χ0v) is 16.1. The lowest BCUT2D eigenvalue weighted by molar-refractivity contribution is 0.0948. The molecule has 3 amide bonds. The highest BCUT2D eigenvalue weighted by molar-refractivity contribution is 5.97. The molecule has 2 aromatic rings. The number of urea groups is 1. The largest absolute Gasteiger partial charge is 0.351 e. The van der Waals surface area contributed by atoms with E-state index in [1.54, 1.807) is 12.4 Å². The minimum atomic E-state index is -0.202. The number of hydrogen-bond acceptors (Lipinski definition) is 3. The van der Waals surface area contributed by atoms with Crippen LogP contribution in [0, 0.1) is 17.8 Å². The number of hydrogen-bond donors (Lipinski definition) is 3. The molecule has 1 saturated heterocycles. The lowest BCUT2D eigenvalue weighted by atomic mass is 10.1. The van der Waals surface area contributed by atoms with E-state index in [0.29, 0.717) is 30.0 Å². The van der Waals surface area contributed by atoms with Gasteiger partial charge in [-0.15, -0.1) is 0 Å². The molecule has 1 saturated carbocycles. The van der Waals surface area contributed by atoms with Gasteiger partial charge in [0.05, 0.1) is 0 Å². The Morgan fingerprint density at radius 1 is 1.30 bits per heavy atom. The van der Waals surface area contributed by atoms with Crippen LogP contribution in [0.15, 0.2) is 24.5 Å². The smallest absolute Gasteiger partial charge is 0.317 e. The van der Waals surface area contributed by atoms with Gasteiger partial charge in [0.15, 0.2) is 0 Å². The molecule has 0 radical (unpaired) electrons. The first kappa shape index (κ1) is 17.8. The topological polar surface area (TPSA) is 90.1 Å². The van der Waals surface area contributed by atoms with Gasteiger partial charge in [0, 0.05) is 48.5 Å². The highest BCUT2D eigenvalue weighted by atomic mass is 16.2. The van der Waals surface area contributed by atoms with E-state index in [9.17, 15) is 9.59 Å². The number of piperidine rings is 1. The van der Waals surface area contributed by atoms with Gasteiger partial charge in [-0.1, -0.05) is 0 Å². The molecule has 2 fully saturated rings. The summed E-state index contributed by atoms with van der Waals surface area (Å²) in [5.74, 6) is 1.72. The van der Waals surface area contributed by atoms with Gasteiger partial charge in [0.1, 0.15) is 5.69 Å². The number of amides is 3. The molecule has 144 valence electrons. The predicted molar refractivity (Wildman–Crippen MR) is 103 cm³/mol. The van der Waals surface area contributed by atoms with Gasteiger partial charge in [-0.05, 0) is 57.1 Å². The molecule has 0 aromatic carbocycles. The Morgan fingerprint density at radius 2 is 2.04 bits per heavy atom. The van der Waals surface area contributed by atoms with Gasteiger partial charge in [-0.2, -0.15) is 0 Å². The maximum atomic E-state index is 12.3. The summed E-state index contributed by atoms with van der Waals surface area (Å²) in [6.07, 6.45) is 4.42. The van der Waals surface area contributed by atoms with Crippen molar-refractivity contribution >= 4 is 22.8 Å². The van der Waals surface area contributed by atoms with Crippen molar-refractivity contribution in [2.45, 2.75) is 32.7 Å². The van der Waals surface area contributed by atoms with E-state index in [0.717, 1.165) is 30.4 Å². The van der Waals surface area contributed by atoms with Crippen molar-refractivity contribution in [2.24, 2.45) is 17.8 Å². The molecule has 3 N–H and O–H groups in total.